The van der Waals surface area contributed by atoms with Gasteiger partial charge in [0.15, 0.2) is 0 Å². The molecule has 2 rings (SSSR count). The molecule has 1 heterocycles. The minimum Gasteiger partial charge on any atom is -0.486 e. The molecule has 0 aromatic rings. The Balaban J connectivity index is 2.51. The monoisotopic (exact) mass is 148 g/mol. The molecule has 1 atom stereocenters. The Bertz CT molecular complexity index is 292. The predicted octanol–water partition coefficient (Wildman–Crippen LogP) is 2.57. The van der Waals surface area contributed by atoms with Gasteiger partial charge in [0.05, 0.1) is 0 Å². The molecule has 0 saturated heterocycles. The van der Waals surface area contributed by atoms with E-state index >= 15 is 0 Å². The van der Waals surface area contributed by atoms with Gasteiger partial charge in [-0.05, 0) is 38.0 Å². The fourth-order valence-corrected chi connectivity index (χ4v) is 1.65. The summed E-state index contributed by atoms with van der Waals surface area (Å²) in [4.78, 5) is 0. The average molecular weight is 148 g/mol. The average Bonchev–Trinajstić information content (AvgIpc) is 2.41. The van der Waals surface area contributed by atoms with Crippen molar-refractivity contribution < 1.29 is 4.74 Å². The van der Waals surface area contributed by atoms with Crippen molar-refractivity contribution in [1.29, 1.82) is 0 Å². The number of rotatable bonds is 0. The van der Waals surface area contributed by atoms with Crippen molar-refractivity contribution in [2.75, 3.05) is 0 Å². The third-order valence-electron chi connectivity index (χ3n) is 2.43. The largest absolute Gasteiger partial charge is 0.486 e. The first-order chi connectivity index (χ1) is 5.20. The van der Waals surface area contributed by atoms with Gasteiger partial charge in [-0.25, -0.2) is 0 Å². The normalized spacial score (nSPS) is 28.1. The summed E-state index contributed by atoms with van der Waals surface area (Å²) in [6.45, 7) is 6.36. The van der Waals surface area contributed by atoms with Crippen molar-refractivity contribution in [3.05, 3.63) is 34.6 Å². The molecule has 1 aliphatic heterocycles. The summed E-state index contributed by atoms with van der Waals surface area (Å²) in [6, 6.07) is 0. The van der Waals surface area contributed by atoms with Crippen LogP contribution in [0.3, 0.4) is 0 Å². The zero-order valence-corrected chi connectivity index (χ0v) is 7.14. The van der Waals surface area contributed by atoms with Crippen LogP contribution in [0.15, 0.2) is 34.6 Å². The zero-order valence-electron chi connectivity index (χ0n) is 7.14. The van der Waals surface area contributed by atoms with Crippen molar-refractivity contribution in [3.8, 4) is 0 Å². The third-order valence-corrected chi connectivity index (χ3v) is 2.43. The molecule has 58 valence electrons. The Morgan fingerprint density at radius 2 is 2.00 bits per heavy atom. The Morgan fingerprint density at radius 1 is 1.27 bits per heavy atom. The molecule has 1 unspecified atom stereocenters. The summed E-state index contributed by atoms with van der Waals surface area (Å²) < 4.78 is 5.60. The third kappa shape index (κ3) is 0.770. The van der Waals surface area contributed by atoms with E-state index in [0.717, 1.165) is 5.76 Å². The van der Waals surface area contributed by atoms with Crippen LogP contribution < -0.4 is 0 Å². The second-order valence-electron chi connectivity index (χ2n) is 3.20. The summed E-state index contributed by atoms with van der Waals surface area (Å²) in [6.07, 6.45) is 4.44. The maximum absolute atomic E-state index is 5.60. The number of hydrogen-bond donors (Lipinski definition) is 0. The van der Waals surface area contributed by atoms with Gasteiger partial charge in [-0.15, -0.1) is 0 Å². The van der Waals surface area contributed by atoms with Crippen molar-refractivity contribution in [2.24, 2.45) is 0 Å². The van der Waals surface area contributed by atoms with Gasteiger partial charge in [0, 0.05) is 5.57 Å². The topological polar surface area (TPSA) is 9.23 Å². The molecular formula is C10H12O. The summed E-state index contributed by atoms with van der Waals surface area (Å²) in [7, 11) is 0. The maximum Gasteiger partial charge on any atom is 0.127 e. The van der Waals surface area contributed by atoms with E-state index in [1.165, 1.54) is 16.7 Å². The van der Waals surface area contributed by atoms with Gasteiger partial charge < -0.3 is 4.74 Å². The van der Waals surface area contributed by atoms with Crippen LogP contribution in [0.5, 0.6) is 0 Å². The van der Waals surface area contributed by atoms with Gasteiger partial charge >= 0.3 is 0 Å². The first-order valence-electron chi connectivity index (χ1n) is 3.97. The molecule has 0 amide bonds. The van der Waals surface area contributed by atoms with Crippen LogP contribution in [0.1, 0.15) is 20.8 Å². The van der Waals surface area contributed by atoms with Crippen LogP contribution in [0, 0.1) is 0 Å². The lowest BCUT2D eigenvalue weighted by atomic mass is 10.0. The lowest BCUT2D eigenvalue weighted by Gasteiger charge is -2.04. The standard InChI is InChI=1S/C10H12O/c1-6-4-5-9-10(6)7(2)8(3)11-9/h4-5,8H,1-3H3. The van der Waals surface area contributed by atoms with E-state index in [9.17, 15) is 0 Å². The highest BCUT2D eigenvalue weighted by Crippen LogP contribution is 2.37. The van der Waals surface area contributed by atoms with Gasteiger partial charge in [0.1, 0.15) is 11.9 Å². The fraction of sp³-hybridized carbons (Fsp3) is 0.400. The molecule has 0 N–H and O–H groups in total. The maximum atomic E-state index is 5.60. The quantitative estimate of drug-likeness (QED) is 0.513. The molecule has 0 bridgehead atoms. The number of hydrogen-bond acceptors (Lipinski definition) is 1. The number of ether oxygens (including phenoxy) is 1. The van der Waals surface area contributed by atoms with Crippen molar-refractivity contribution in [2.45, 2.75) is 26.9 Å². The van der Waals surface area contributed by atoms with E-state index in [0.29, 0.717) is 0 Å². The highest BCUT2D eigenvalue weighted by Gasteiger charge is 2.27. The summed E-state index contributed by atoms with van der Waals surface area (Å²) in [5.41, 5.74) is 4.03. The van der Waals surface area contributed by atoms with Gasteiger partial charge in [-0.1, -0.05) is 6.08 Å². The van der Waals surface area contributed by atoms with Gasteiger partial charge in [0.2, 0.25) is 0 Å². The van der Waals surface area contributed by atoms with Gasteiger partial charge in [0.25, 0.3) is 0 Å². The summed E-state index contributed by atoms with van der Waals surface area (Å²) in [5, 5.41) is 0. The van der Waals surface area contributed by atoms with E-state index in [4.69, 9.17) is 4.74 Å². The SMILES string of the molecule is CC1=CC=C2OC(C)C(C)=C12. The molecule has 0 aromatic carbocycles. The number of fused-ring (bicyclic) bond motifs is 1. The molecule has 0 saturated carbocycles. The molecule has 1 aliphatic carbocycles. The summed E-state index contributed by atoms with van der Waals surface area (Å²) >= 11 is 0. The van der Waals surface area contributed by atoms with E-state index in [1.807, 2.05) is 0 Å². The van der Waals surface area contributed by atoms with E-state index < -0.39 is 0 Å². The lowest BCUT2D eigenvalue weighted by Crippen LogP contribution is -2.00. The zero-order chi connectivity index (χ0) is 8.01. The van der Waals surface area contributed by atoms with Crippen molar-refractivity contribution >= 4 is 0 Å². The Kier molecular flexibility index (Phi) is 1.22. The Labute approximate surface area is 67.1 Å². The first kappa shape index (κ1) is 6.71. The molecule has 0 spiro atoms. The van der Waals surface area contributed by atoms with Crippen LogP contribution in [0.4, 0.5) is 0 Å². The molecule has 0 aromatic heterocycles. The minimum absolute atomic E-state index is 0.278. The lowest BCUT2D eigenvalue weighted by molar-refractivity contribution is 0.190. The first-order valence-corrected chi connectivity index (χ1v) is 3.97. The molecule has 0 radical (unpaired) electrons. The van der Waals surface area contributed by atoms with Crippen LogP contribution in [-0.4, -0.2) is 6.10 Å². The molecule has 1 nitrogen and oxygen atoms in total. The Hall–Kier alpha value is -0.980. The van der Waals surface area contributed by atoms with Crippen LogP contribution in [-0.2, 0) is 4.74 Å². The minimum atomic E-state index is 0.278. The number of allylic oxidation sites excluding steroid dienone is 3. The Morgan fingerprint density at radius 3 is 2.64 bits per heavy atom. The highest BCUT2D eigenvalue weighted by molar-refractivity contribution is 5.56. The molecule has 11 heavy (non-hydrogen) atoms. The second-order valence-corrected chi connectivity index (χ2v) is 3.20. The fourth-order valence-electron chi connectivity index (χ4n) is 1.65. The molecular weight excluding hydrogens is 136 g/mol. The van der Waals surface area contributed by atoms with Crippen molar-refractivity contribution in [3.63, 3.8) is 0 Å². The summed E-state index contributed by atoms with van der Waals surface area (Å²) in [5.74, 6) is 1.06. The second kappa shape index (κ2) is 2.00. The smallest absolute Gasteiger partial charge is 0.127 e. The van der Waals surface area contributed by atoms with Crippen LogP contribution in [0.25, 0.3) is 0 Å². The van der Waals surface area contributed by atoms with Crippen LogP contribution >= 0.6 is 0 Å². The van der Waals surface area contributed by atoms with E-state index in [2.05, 4.69) is 32.9 Å². The van der Waals surface area contributed by atoms with E-state index in [1.54, 1.807) is 0 Å². The van der Waals surface area contributed by atoms with E-state index in [-0.39, 0.29) is 6.10 Å². The van der Waals surface area contributed by atoms with Crippen LogP contribution in [0.2, 0.25) is 0 Å². The van der Waals surface area contributed by atoms with Crippen molar-refractivity contribution in [1.82, 2.24) is 0 Å². The predicted molar refractivity (Wildman–Crippen MR) is 45.1 cm³/mol. The highest BCUT2D eigenvalue weighted by atomic mass is 16.5. The molecule has 0 fully saturated rings. The van der Waals surface area contributed by atoms with Gasteiger partial charge in [-0.3, -0.25) is 0 Å². The molecule has 2 aliphatic rings. The van der Waals surface area contributed by atoms with Gasteiger partial charge in [-0.2, -0.15) is 0 Å². The molecule has 1 heteroatoms.